The minimum atomic E-state index is 0.551. The maximum atomic E-state index is 4.52. The number of anilines is 1. The van der Waals surface area contributed by atoms with Gasteiger partial charge in [0.25, 0.3) is 0 Å². The monoisotopic (exact) mass is 248 g/mol. The van der Waals surface area contributed by atoms with Gasteiger partial charge in [-0.1, -0.05) is 13.8 Å². The van der Waals surface area contributed by atoms with Gasteiger partial charge in [0.1, 0.15) is 5.82 Å². The zero-order valence-electron chi connectivity index (χ0n) is 11.7. The first-order chi connectivity index (χ1) is 8.74. The van der Waals surface area contributed by atoms with E-state index in [9.17, 15) is 0 Å². The van der Waals surface area contributed by atoms with Crippen LogP contribution in [0.3, 0.4) is 0 Å². The van der Waals surface area contributed by atoms with Crippen molar-refractivity contribution in [2.24, 2.45) is 0 Å². The van der Waals surface area contributed by atoms with Crippen molar-refractivity contribution in [1.29, 1.82) is 0 Å². The second-order valence-electron chi connectivity index (χ2n) is 5.10. The summed E-state index contributed by atoms with van der Waals surface area (Å²) in [5.74, 6) is 0.971. The minimum Gasteiger partial charge on any atom is -0.355 e. The van der Waals surface area contributed by atoms with Crippen molar-refractivity contribution in [3.63, 3.8) is 0 Å². The average Bonchev–Trinajstić information content (AvgIpc) is 3.22. The molecule has 1 aliphatic carbocycles. The Morgan fingerprint density at radius 3 is 2.50 bits per heavy atom. The van der Waals surface area contributed by atoms with E-state index in [0.717, 1.165) is 36.9 Å². The van der Waals surface area contributed by atoms with Crippen LogP contribution < -0.4 is 10.2 Å². The molecule has 1 aromatic rings. The van der Waals surface area contributed by atoms with Crippen LogP contribution in [0.1, 0.15) is 45.2 Å². The first-order valence-corrected chi connectivity index (χ1v) is 7.01. The van der Waals surface area contributed by atoms with E-state index in [-0.39, 0.29) is 0 Å². The summed E-state index contributed by atoms with van der Waals surface area (Å²) < 4.78 is 0. The van der Waals surface area contributed by atoms with E-state index in [4.69, 9.17) is 0 Å². The molecule has 1 aromatic heterocycles. The van der Waals surface area contributed by atoms with Gasteiger partial charge in [-0.25, -0.2) is 4.98 Å². The lowest BCUT2D eigenvalue weighted by Crippen LogP contribution is -2.31. The second-order valence-corrected chi connectivity index (χ2v) is 5.10. The lowest BCUT2D eigenvalue weighted by atomic mass is 10.1. The van der Waals surface area contributed by atoms with Crippen LogP contribution in [-0.4, -0.2) is 29.1 Å². The highest BCUT2D eigenvalue weighted by atomic mass is 15.2. The normalized spacial score (nSPS) is 15.1. The molecule has 1 fully saturated rings. The van der Waals surface area contributed by atoms with E-state index >= 15 is 0 Å². The summed E-state index contributed by atoms with van der Waals surface area (Å²) in [6.45, 7) is 5.27. The van der Waals surface area contributed by atoms with E-state index < -0.39 is 0 Å². The summed E-state index contributed by atoms with van der Waals surface area (Å²) in [5.41, 5.74) is 1.03. The molecule has 18 heavy (non-hydrogen) atoms. The maximum absolute atomic E-state index is 4.52. The molecule has 0 amide bonds. The Morgan fingerprint density at radius 2 is 2.00 bits per heavy atom. The second kappa shape index (κ2) is 6.14. The topological polar surface area (TPSA) is 41.1 Å². The summed E-state index contributed by atoms with van der Waals surface area (Å²) >= 11 is 0. The third-order valence-electron chi connectivity index (χ3n) is 3.69. The number of nitrogens with one attached hydrogen (secondary N) is 1. The maximum Gasteiger partial charge on any atom is 0.147 e. The Labute approximate surface area is 110 Å². The van der Waals surface area contributed by atoms with Gasteiger partial charge < -0.3 is 10.2 Å². The third kappa shape index (κ3) is 3.42. The van der Waals surface area contributed by atoms with Gasteiger partial charge in [-0.3, -0.25) is 4.98 Å². The van der Waals surface area contributed by atoms with Gasteiger partial charge in [0.15, 0.2) is 0 Å². The van der Waals surface area contributed by atoms with Crippen molar-refractivity contribution in [3.8, 4) is 0 Å². The highest BCUT2D eigenvalue weighted by Gasteiger charge is 2.20. The first-order valence-electron chi connectivity index (χ1n) is 7.01. The van der Waals surface area contributed by atoms with Crippen LogP contribution in [0.15, 0.2) is 12.4 Å². The molecule has 1 saturated carbocycles. The van der Waals surface area contributed by atoms with Gasteiger partial charge in [-0.05, 0) is 25.7 Å². The van der Waals surface area contributed by atoms with Crippen molar-refractivity contribution in [2.75, 3.05) is 11.9 Å². The largest absolute Gasteiger partial charge is 0.355 e. The van der Waals surface area contributed by atoms with Crippen LogP contribution >= 0.6 is 0 Å². The molecule has 1 heterocycles. The highest BCUT2D eigenvalue weighted by molar-refractivity contribution is 5.35. The molecule has 1 aliphatic rings. The molecular weight excluding hydrogens is 224 g/mol. The molecule has 0 saturated heterocycles. The Hall–Kier alpha value is -1.16. The van der Waals surface area contributed by atoms with Crippen molar-refractivity contribution in [2.45, 2.75) is 58.2 Å². The summed E-state index contributed by atoms with van der Waals surface area (Å²) in [6, 6.07) is 1.27. The van der Waals surface area contributed by atoms with Crippen molar-refractivity contribution in [1.82, 2.24) is 15.3 Å². The van der Waals surface area contributed by atoms with Crippen molar-refractivity contribution in [3.05, 3.63) is 18.1 Å². The van der Waals surface area contributed by atoms with Gasteiger partial charge in [-0.2, -0.15) is 0 Å². The highest BCUT2D eigenvalue weighted by Crippen LogP contribution is 2.19. The van der Waals surface area contributed by atoms with Crippen LogP contribution in [0.4, 0.5) is 5.82 Å². The number of nitrogens with zero attached hydrogens (tertiary/aromatic N) is 3. The van der Waals surface area contributed by atoms with E-state index in [0.29, 0.717) is 6.04 Å². The minimum absolute atomic E-state index is 0.551. The quantitative estimate of drug-likeness (QED) is 0.804. The third-order valence-corrected chi connectivity index (χ3v) is 3.69. The van der Waals surface area contributed by atoms with Crippen molar-refractivity contribution >= 4 is 5.82 Å². The smallest absolute Gasteiger partial charge is 0.147 e. The van der Waals surface area contributed by atoms with Gasteiger partial charge in [0.2, 0.25) is 0 Å². The van der Waals surface area contributed by atoms with E-state index in [1.807, 2.05) is 12.4 Å². The van der Waals surface area contributed by atoms with Crippen LogP contribution in [0.25, 0.3) is 0 Å². The fourth-order valence-electron chi connectivity index (χ4n) is 2.18. The zero-order valence-corrected chi connectivity index (χ0v) is 11.7. The Kier molecular flexibility index (Phi) is 4.53. The predicted octanol–water partition coefficient (Wildman–Crippen LogP) is 2.35. The summed E-state index contributed by atoms with van der Waals surface area (Å²) in [5, 5.41) is 3.45. The molecule has 0 aromatic carbocycles. The number of rotatable bonds is 7. The Bertz CT molecular complexity index is 355. The number of aromatic nitrogens is 2. The molecule has 2 rings (SSSR count). The molecule has 1 N–H and O–H groups in total. The van der Waals surface area contributed by atoms with Crippen LogP contribution in [0.2, 0.25) is 0 Å². The predicted molar refractivity (Wildman–Crippen MR) is 74.7 cm³/mol. The standard InChI is InChI=1S/C14H24N4/c1-4-13(5-2)18(3)14-10-16-12(9-17-14)8-15-11-6-7-11/h9-11,13,15H,4-8H2,1-3H3. The Balaban J connectivity index is 1.92. The number of hydrogen-bond acceptors (Lipinski definition) is 4. The van der Waals surface area contributed by atoms with Crippen LogP contribution in [-0.2, 0) is 6.54 Å². The number of hydrogen-bond donors (Lipinski definition) is 1. The van der Waals surface area contributed by atoms with E-state index in [2.05, 4.69) is 41.1 Å². The molecular formula is C14H24N4. The molecule has 100 valence electrons. The van der Waals surface area contributed by atoms with E-state index in [1.165, 1.54) is 12.8 Å². The zero-order chi connectivity index (χ0) is 13.0. The van der Waals surface area contributed by atoms with Gasteiger partial charge >= 0.3 is 0 Å². The Morgan fingerprint density at radius 1 is 1.28 bits per heavy atom. The molecule has 0 bridgehead atoms. The van der Waals surface area contributed by atoms with Gasteiger partial charge in [-0.15, -0.1) is 0 Å². The molecule has 0 spiro atoms. The molecule has 4 nitrogen and oxygen atoms in total. The van der Waals surface area contributed by atoms with Crippen LogP contribution in [0, 0.1) is 0 Å². The lowest BCUT2D eigenvalue weighted by Gasteiger charge is -2.26. The molecule has 4 heteroatoms. The first kappa shape index (κ1) is 13.3. The fourth-order valence-corrected chi connectivity index (χ4v) is 2.18. The lowest BCUT2D eigenvalue weighted by molar-refractivity contribution is 0.585. The average molecular weight is 248 g/mol. The van der Waals surface area contributed by atoms with E-state index in [1.54, 1.807) is 0 Å². The van der Waals surface area contributed by atoms with Gasteiger partial charge in [0.05, 0.1) is 18.1 Å². The SMILES string of the molecule is CCC(CC)N(C)c1cnc(CNC2CC2)cn1. The van der Waals surface area contributed by atoms with Crippen LogP contribution in [0.5, 0.6) is 0 Å². The van der Waals surface area contributed by atoms with Gasteiger partial charge in [0, 0.05) is 25.7 Å². The molecule has 0 unspecified atom stereocenters. The van der Waals surface area contributed by atoms with Crippen molar-refractivity contribution < 1.29 is 0 Å². The molecule has 0 radical (unpaired) electrons. The summed E-state index contributed by atoms with van der Waals surface area (Å²) in [6.07, 6.45) is 8.68. The summed E-state index contributed by atoms with van der Waals surface area (Å²) in [7, 11) is 2.10. The fraction of sp³-hybridized carbons (Fsp3) is 0.714. The summed E-state index contributed by atoms with van der Waals surface area (Å²) in [4.78, 5) is 11.2. The molecule has 0 atom stereocenters. The molecule has 0 aliphatic heterocycles.